The van der Waals surface area contributed by atoms with Crippen LogP contribution in [0.5, 0.6) is 0 Å². The number of aromatic nitrogens is 6. The van der Waals surface area contributed by atoms with E-state index in [-0.39, 0.29) is 23.5 Å². The number of carbonyl (C=O) groups excluding carboxylic acids is 1. The SMILES string of the molecule is CC(C)(C)CC(=O)Nc1cncc(-c2ccc3[nH]nc(-c4cc5c(-c6cc(F)cc(CCS(C)(=O)=O)c6)cncc5[nH]4)c3n2)c1. The number of aryl methyl sites for hydroxylation is 1. The molecule has 0 aliphatic carbocycles. The maximum absolute atomic E-state index is 14.6. The first-order valence-electron chi connectivity index (χ1n) is 14.4. The zero-order valence-corrected chi connectivity index (χ0v) is 26.1. The quantitative estimate of drug-likeness (QED) is 0.179. The van der Waals surface area contributed by atoms with Crippen LogP contribution in [0.4, 0.5) is 10.1 Å². The molecule has 3 N–H and O–H groups in total. The summed E-state index contributed by atoms with van der Waals surface area (Å²) in [5.41, 5.74) is 7.07. The van der Waals surface area contributed by atoms with Gasteiger partial charge in [0.05, 0.1) is 46.3 Å². The molecule has 0 aliphatic heterocycles. The summed E-state index contributed by atoms with van der Waals surface area (Å²) in [5.74, 6) is -0.607. The highest BCUT2D eigenvalue weighted by Gasteiger charge is 2.18. The molecule has 1 aromatic carbocycles. The first-order chi connectivity index (χ1) is 21.3. The minimum Gasteiger partial charge on any atom is -0.352 e. The molecule has 5 aromatic heterocycles. The van der Waals surface area contributed by atoms with Crippen LogP contribution in [-0.2, 0) is 21.1 Å². The monoisotopic (exact) mass is 625 g/mol. The Hall–Kier alpha value is -4.97. The average Bonchev–Trinajstić information content (AvgIpc) is 3.58. The Labute approximate surface area is 259 Å². The van der Waals surface area contributed by atoms with Gasteiger partial charge in [-0.2, -0.15) is 5.10 Å². The maximum atomic E-state index is 14.6. The molecule has 10 nitrogen and oxygen atoms in total. The molecule has 45 heavy (non-hydrogen) atoms. The molecule has 0 radical (unpaired) electrons. The van der Waals surface area contributed by atoms with Crippen LogP contribution in [-0.4, -0.2) is 56.5 Å². The zero-order chi connectivity index (χ0) is 31.9. The minimum atomic E-state index is -3.20. The highest BCUT2D eigenvalue weighted by molar-refractivity contribution is 7.90. The number of hydrogen-bond donors (Lipinski definition) is 3. The second-order valence-electron chi connectivity index (χ2n) is 12.5. The number of carbonyl (C=O) groups is 1. The number of anilines is 1. The van der Waals surface area contributed by atoms with Crippen molar-refractivity contribution >= 4 is 43.4 Å². The standard InChI is InChI=1S/C33H32FN7O3S/c1-33(2,3)14-30(42)37-23-12-21(15-35-16-23)26-5-6-27-31(39-26)32(41-40-27)28-13-24-25(17-36-18-29(24)38-28)20-9-19(10-22(34)11-20)7-8-45(4,43)44/h5-6,9-13,15-18,38H,7-8,14H2,1-4H3,(H,37,42)(H,40,41). The number of fused-ring (bicyclic) bond motifs is 2. The number of rotatable bonds is 8. The van der Waals surface area contributed by atoms with E-state index in [0.29, 0.717) is 51.4 Å². The second kappa shape index (κ2) is 11.5. The van der Waals surface area contributed by atoms with Crippen LogP contribution in [0, 0.1) is 11.2 Å². The third-order valence-corrected chi connectivity index (χ3v) is 8.19. The van der Waals surface area contributed by atoms with Crippen molar-refractivity contribution in [2.24, 2.45) is 5.41 Å². The lowest BCUT2D eigenvalue weighted by molar-refractivity contribution is -0.117. The molecular weight excluding hydrogens is 593 g/mol. The molecule has 6 rings (SSSR count). The summed E-state index contributed by atoms with van der Waals surface area (Å²) in [6, 6.07) is 12.1. The minimum absolute atomic E-state index is 0.0694. The van der Waals surface area contributed by atoms with Gasteiger partial charge >= 0.3 is 0 Å². The third kappa shape index (κ3) is 6.91. The summed E-state index contributed by atoms with van der Waals surface area (Å²) >= 11 is 0. The summed E-state index contributed by atoms with van der Waals surface area (Å²) in [5, 5.41) is 11.3. The Morgan fingerprint density at radius 1 is 0.956 bits per heavy atom. The van der Waals surface area contributed by atoms with E-state index in [0.717, 1.165) is 28.2 Å². The molecule has 0 unspecified atom stereocenters. The number of H-pyrrole nitrogens is 2. The van der Waals surface area contributed by atoms with Crippen LogP contribution >= 0.6 is 0 Å². The topological polar surface area (TPSA) is 146 Å². The highest BCUT2D eigenvalue weighted by atomic mass is 32.2. The molecule has 0 saturated carbocycles. The van der Waals surface area contributed by atoms with Gasteiger partial charge < -0.3 is 10.3 Å². The van der Waals surface area contributed by atoms with Crippen LogP contribution in [0.3, 0.4) is 0 Å². The fourth-order valence-corrected chi connectivity index (χ4v) is 5.85. The van der Waals surface area contributed by atoms with E-state index in [2.05, 4.69) is 30.5 Å². The lowest BCUT2D eigenvalue weighted by atomic mass is 9.92. The molecule has 0 bridgehead atoms. The van der Waals surface area contributed by atoms with Gasteiger partial charge in [0, 0.05) is 41.6 Å². The molecule has 0 fully saturated rings. The molecule has 1 amide bonds. The Bertz CT molecular complexity index is 2180. The fraction of sp³-hybridized carbons (Fsp3) is 0.242. The van der Waals surface area contributed by atoms with Gasteiger partial charge in [-0.05, 0) is 59.4 Å². The van der Waals surface area contributed by atoms with Crippen LogP contribution in [0.2, 0.25) is 0 Å². The first kappa shape index (κ1) is 30.1. The van der Waals surface area contributed by atoms with E-state index >= 15 is 0 Å². The van der Waals surface area contributed by atoms with Crippen molar-refractivity contribution in [2.45, 2.75) is 33.6 Å². The van der Waals surface area contributed by atoms with Crippen molar-refractivity contribution in [3.05, 3.63) is 78.6 Å². The van der Waals surface area contributed by atoms with Gasteiger partial charge in [-0.15, -0.1) is 0 Å². The molecule has 0 atom stereocenters. The van der Waals surface area contributed by atoms with Crippen LogP contribution in [0.15, 0.2) is 67.3 Å². The number of nitrogens with zero attached hydrogens (tertiary/aromatic N) is 4. The van der Waals surface area contributed by atoms with E-state index in [9.17, 15) is 17.6 Å². The number of amides is 1. The Kier molecular flexibility index (Phi) is 7.69. The molecule has 230 valence electrons. The summed E-state index contributed by atoms with van der Waals surface area (Å²) in [4.78, 5) is 29.4. The molecule has 0 aliphatic rings. The van der Waals surface area contributed by atoms with Gasteiger partial charge in [0.15, 0.2) is 0 Å². The van der Waals surface area contributed by atoms with Crippen molar-refractivity contribution in [1.82, 2.24) is 30.1 Å². The smallest absolute Gasteiger partial charge is 0.224 e. The number of nitrogens with one attached hydrogen (secondary N) is 3. The number of hydrogen-bond acceptors (Lipinski definition) is 7. The van der Waals surface area contributed by atoms with E-state index < -0.39 is 15.7 Å². The number of sulfone groups is 1. The molecule has 12 heteroatoms. The second-order valence-corrected chi connectivity index (χ2v) is 14.7. The fourth-order valence-electron chi connectivity index (χ4n) is 5.24. The highest BCUT2D eigenvalue weighted by Crippen LogP contribution is 2.34. The van der Waals surface area contributed by atoms with Crippen molar-refractivity contribution in [3.63, 3.8) is 0 Å². The van der Waals surface area contributed by atoms with E-state index in [1.807, 2.05) is 45.0 Å². The lowest BCUT2D eigenvalue weighted by Gasteiger charge is -2.17. The van der Waals surface area contributed by atoms with Crippen LogP contribution in [0.1, 0.15) is 32.8 Å². The van der Waals surface area contributed by atoms with Crippen molar-refractivity contribution < 1.29 is 17.6 Å². The van der Waals surface area contributed by atoms with Crippen LogP contribution in [0.25, 0.3) is 55.7 Å². The summed E-state index contributed by atoms with van der Waals surface area (Å²) < 4.78 is 38.0. The molecule has 0 saturated heterocycles. The Morgan fingerprint density at radius 3 is 2.53 bits per heavy atom. The molecule has 0 spiro atoms. The van der Waals surface area contributed by atoms with Gasteiger partial charge in [0.25, 0.3) is 0 Å². The predicted octanol–water partition coefficient (Wildman–Crippen LogP) is 6.33. The van der Waals surface area contributed by atoms with Gasteiger partial charge in [0.1, 0.15) is 26.9 Å². The van der Waals surface area contributed by atoms with Crippen molar-refractivity contribution in [1.29, 1.82) is 0 Å². The van der Waals surface area contributed by atoms with Gasteiger partial charge in [-0.25, -0.2) is 17.8 Å². The van der Waals surface area contributed by atoms with E-state index in [4.69, 9.17) is 4.98 Å². The number of aromatic amines is 2. The van der Waals surface area contributed by atoms with Crippen LogP contribution < -0.4 is 5.32 Å². The summed E-state index contributed by atoms with van der Waals surface area (Å²) in [6.45, 7) is 6.03. The summed E-state index contributed by atoms with van der Waals surface area (Å²) in [6.07, 6.45) is 8.40. The first-order valence-corrected chi connectivity index (χ1v) is 16.4. The normalized spacial score (nSPS) is 12.2. The predicted molar refractivity (Wildman–Crippen MR) is 174 cm³/mol. The zero-order valence-electron chi connectivity index (χ0n) is 25.3. The molecule has 6 aromatic rings. The maximum Gasteiger partial charge on any atom is 0.224 e. The lowest BCUT2D eigenvalue weighted by Crippen LogP contribution is -2.19. The van der Waals surface area contributed by atoms with Gasteiger partial charge in [-0.3, -0.25) is 19.9 Å². The van der Waals surface area contributed by atoms with Gasteiger partial charge in [-0.1, -0.05) is 26.8 Å². The van der Waals surface area contributed by atoms with E-state index in [1.165, 1.54) is 12.1 Å². The van der Waals surface area contributed by atoms with Crippen molar-refractivity contribution in [2.75, 3.05) is 17.3 Å². The van der Waals surface area contributed by atoms with E-state index in [1.54, 1.807) is 30.9 Å². The number of benzene rings is 1. The largest absolute Gasteiger partial charge is 0.352 e. The van der Waals surface area contributed by atoms with Crippen molar-refractivity contribution in [3.8, 4) is 33.8 Å². The Balaban J connectivity index is 1.34. The average molecular weight is 626 g/mol. The third-order valence-electron chi connectivity index (χ3n) is 7.25. The Morgan fingerprint density at radius 2 is 1.76 bits per heavy atom. The molecular formula is C33H32FN7O3S. The summed E-state index contributed by atoms with van der Waals surface area (Å²) in [7, 11) is -3.20. The number of halogens is 1. The van der Waals surface area contributed by atoms with Gasteiger partial charge in [0.2, 0.25) is 5.91 Å². The molecule has 5 heterocycles. The number of pyridine rings is 3.